The molecule has 3 nitrogen and oxygen atoms in total. The van der Waals surface area contributed by atoms with Gasteiger partial charge >= 0.3 is 0 Å². The Kier molecular flexibility index (Phi) is 2.12. The quantitative estimate of drug-likeness (QED) is 0.708. The van der Waals surface area contributed by atoms with E-state index in [0.717, 1.165) is 19.5 Å². The molecule has 0 saturated heterocycles. The standard InChI is InChI=1S/C10H17N3/c1-7(2)13-5-4-10-9(6-13)8(3)11-12-10/h7H,4-6H2,1-3H3,(H,11,12). The molecule has 0 amide bonds. The molecule has 2 rings (SSSR count). The number of nitrogens with zero attached hydrogens (tertiary/aromatic N) is 2. The second-order valence-corrected chi connectivity index (χ2v) is 4.09. The largest absolute Gasteiger partial charge is 0.296 e. The summed E-state index contributed by atoms with van der Waals surface area (Å²) in [5, 5.41) is 7.36. The molecule has 0 fully saturated rings. The number of aryl methyl sites for hydroxylation is 1. The topological polar surface area (TPSA) is 31.9 Å². The van der Waals surface area contributed by atoms with Gasteiger partial charge in [0.15, 0.2) is 0 Å². The lowest BCUT2D eigenvalue weighted by Crippen LogP contribution is -2.35. The Morgan fingerprint density at radius 3 is 2.92 bits per heavy atom. The molecule has 72 valence electrons. The summed E-state index contributed by atoms with van der Waals surface area (Å²) in [4.78, 5) is 2.49. The van der Waals surface area contributed by atoms with Gasteiger partial charge in [-0.2, -0.15) is 5.10 Å². The average molecular weight is 179 g/mol. The fraction of sp³-hybridized carbons (Fsp3) is 0.700. The summed E-state index contributed by atoms with van der Waals surface area (Å²) < 4.78 is 0. The van der Waals surface area contributed by atoms with E-state index in [0.29, 0.717) is 6.04 Å². The Morgan fingerprint density at radius 2 is 2.23 bits per heavy atom. The third-order valence-electron chi connectivity index (χ3n) is 2.89. The number of hydrogen-bond donors (Lipinski definition) is 1. The first-order valence-corrected chi connectivity index (χ1v) is 4.95. The van der Waals surface area contributed by atoms with Gasteiger partial charge in [0.05, 0.1) is 5.69 Å². The van der Waals surface area contributed by atoms with Crippen LogP contribution in [0.1, 0.15) is 30.8 Å². The van der Waals surface area contributed by atoms with Crippen molar-refractivity contribution < 1.29 is 0 Å². The van der Waals surface area contributed by atoms with Gasteiger partial charge in [-0.05, 0) is 20.8 Å². The molecular weight excluding hydrogens is 162 g/mol. The Bertz CT molecular complexity index is 301. The molecule has 0 aromatic carbocycles. The SMILES string of the molecule is Cc1[nH]nc2c1CN(C(C)C)CC2. The molecule has 3 heteroatoms. The van der Waals surface area contributed by atoms with Crippen LogP contribution >= 0.6 is 0 Å². The monoisotopic (exact) mass is 179 g/mol. The van der Waals surface area contributed by atoms with E-state index in [1.165, 1.54) is 17.0 Å². The van der Waals surface area contributed by atoms with Gasteiger partial charge in [-0.25, -0.2) is 0 Å². The predicted octanol–water partition coefficient (Wildman–Crippen LogP) is 1.48. The van der Waals surface area contributed by atoms with Crippen molar-refractivity contribution in [3.8, 4) is 0 Å². The van der Waals surface area contributed by atoms with E-state index < -0.39 is 0 Å². The normalized spacial score (nSPS) is 17.8. The van der Waals surface area contributed by atoms with Crippen molar-refractivity contribution in [1.82, 2.24) is 15.1 Å². The van der Waals surface area contributed by atoms with Crippen LogP contribution in [-0.4, -0.2) is 27.7 Å². The molecule has 0 bridgehead atoms. The number of aromatic amines is 1. The van der Waals surface area contributed by atoms with E-state index in [-0.39, 0.29) is 0 Å². The molecule has 0 unspecified atom stereocenters. The highest BCUT2D eigenvalue weighted by Gasteiger charge is 2.21. The number of H-pyrrole nitrogens is 1. The Morgan fingerprint density at radius 1 is 1.46 bits per heavy atom. The van der Waals surface area contributed by atoms with E-state index >= 15 is 0 Å². The smallest absolute Gasteiger partial charge is 0.0682 e. The minimum atomic E-state index is 0.641. The Labute approximate surface area is 79.1 Å². The summed E-state index contributed by atoms with van der Waals surface area (Å²) in [6, 6.07) is 0.641. The maximum absolute atomic E-state index is 4.30. The maximum Gasteiger partial charge on any atom is 0.0682 e. The lowest BCUT2D eigenvalue weighted by atomic mass is 10.0. The van der Waals surface area contributed by atoms with Crippen molar-refractivity contribution in [2.75, 3.05) is 6.54 Å². The second kappa shape index (κ2) is 3.14. The van der Waals surface area contributed by atoms with Gasteiger partial charge in [0.2, 0.25) is 0 Å². The molecule has 1 aliphatic heterocycles. The maximum atomic E-state index is 4.30. The number of fused-ring (bicyclic) bond motifs is 1. The second-order valence-electron chi connectivity index (χ2n) is 4.09. The van der Waals surface area contributed by atoms with Gasteiger partial charge in [-0.1, -0.05) is 0 Å². The molecular formula is C10H17N3. The van der Waals surface area contributed by atoms with E-state index in [2.05, 4.69) is 35.9 Å². The van der Waals surface area contributed by atoms with Gasteiger partial charge in [-0.3, -0.25) is 10.00 Å². The minimum absolute atomic E-state index is 0.641. The van der Waals surface area contributed by atoms with Gasteiger partial charge in [0.25, 0.3) is 0 Å². The number of hydrogen-bond acceptors (Lipinski definition) is 2. The van der Waals surface area contributed by atoms with Crippen LogP contribution < -0.4 is 0 Å². The van der Waals surface area contributed by atoms with E-state index in [1.54, 1.807) is 0 Å². The third kappa shape index (κ3) is 1.48. The Balaban J connectivity index is 2.22. The number of rotatable bonds is 1. The molecule has 0 aliphatic carbocycles. The zero-order chi connectivity index (χ0) is 9.42. The summed E-state index contributed by atoms with van der Waals surface area (Å²) in [5.41, 5.74) is 3.93. The summed E-state index contributed by atoms with van der Waals surface area (Å²) in [5.74, 6) is 0. The molecule has 1 aliphatic rings. The highest BCUT2D eigenvalue weighted by Crippen LogP contribution is 2.20. The molecule has 13 heavy (non-hydrogen) atoms. The number of aromatic nitrogens is 2. The van der Waals surface area contributed by atoms with Crippen molar-refractivity contribution in [2.45, 2.75) is 39.8 Å². The summed E-state index contributed by atoms with van der Waals surface area (Å²) >= 11 is 0. The zero-order valence-corrected chi connectivity index (χ0v) is 8.59. The fourth-order valence-electron chi connectivity index (χ4n) is 1.89. The summed E-state index contributed by atoms with van der Waals surface area (Å²) in [6.45, 7) is 8.82. The van der Waals surface area contributed by atoms with Crippen molar-refractivity contribution in [3.63, 3.8) is 0 Å². The first kappa shape index (κ1) is 8.75. The highest BCUT2D eigenvalue weighted by molar-refractivity contribution is 5.26. The van der Waals surface area contributed by atoms with Crippen LogP contribution in [0.4, 0.5) is 0 Å². The molecule has 2 heterocycles. The van der Waals surface area contributed by atoms with Crippen LogP contribution in [0.25, 0.3) is 0 Å². The highest BCUT2D eigenvalue weighted by atomic mass is 15.2. The first-order valence-electron chi connectivity index (χ1n) is 4.95. The van der Waals surface area contributed by atoms with Crippen LogP contribution in [0.15, 0.2) is 0 Å². The molecule has 0 atom stereocenters. The lowest BCUT2D eigenvalue weighted by molar-refractivity contribution is 0.202. The molecule has 1 aromatic heterocycles. The van der Waals surface area contributed by atoms with Crippen LogP contribution in [-0.2, 0) is 13.0 Å². The van der Waals surface area contributed by atoms with Crippen molar-refractivity contribution in [3.05, 3.63) is 17.0 Å². The minimum Gasteiger partial charge on any atom is -0.296 e. The molecule has 0 radical (unpaired) electrons. The zero-order valence-electron chi connectivity index (χ0n) is 8.59. The lowest BCUT2D eigenvalue weighted by Gasteiger charge is -2.29. The van der Waals surface area contributed by atoms with Gasteiger partial charge < -0.3 is 0 Å². The Hall–Kier alpha value is -0.830. The van der Waals surface area contributed by atoms with Gasteiger partial charge in [-0.15, -0.1) is 0 Å². The molecule has 0 spiro atoms. The van der Waals surface area contributed by atoms with Crippen LogP contribution in [0.2, 0.25) is 0 Å². The predicted molar refractivity (Wildman–Crippen MR) is 52.6 cm³/mol. The fourth-order valence-corrected chi connectivity index (χ4v) is 1.89. The van der Waals surface area contributed by atoms with E-state index in [4.69, 9.17) is 0 Å². The van der Waals surface area contributed by atoms with E-state index in [9.17, 15) is 0 Å². The third-order valence-corrected chi connectivity index (χ3v) is 2.89. The molecule has 1 N–H and O–H groups in total. The van der Waals surface area contributed by atoms with Gasteiger partial charge in [0.1, 0.15) is 0 Å². The van der Waals surface area contributed by atoms with Crippen molar-refractivity contribution >= 4 is 0 Å². The first-order chi connectivity index (χ1) is 6.18. The van der Waals surface area contributed by atoms with Crippen molar-refractivity contribution in [1.29, 1.82) is 0 Å². The summed E-state index contributed by atoms with van der Waals surface area (Å²) in [7, 11) is 0. The number of nitrogens with one attached hydrogen (secondary N) is 1. The molecule has 1 aromatic rings. The van der Waals surface area contributed by atoms with Crippen molar-refractivity contribution in [2.24, 2.45) is 0 Å². The van der Waals surface area contributed by atoms with Crippen LogP contribution in [0.5, 0.6) is 0 Å². The molecule has 0 saturated carbocycles. The van der Waals surface area contributed by atoms with Crippen LogP contribution in [0, 0.1) is 6.92 Å². The van der Waals surface area contributed by atoms with Gasteiger partial charge in [0, 0.05) is 36.8 Å². The van der Waals surface area contributed by atoms with E-state index in [1.807, 2.05) is 0 Å². The van der Waals surface area contributed by atoms with Crippen LogP contribution in [0.3, 0.4) is 0 Å². The average Bonchev–Trinajstić information content (AvgIpc) is 2.47. The summed E-state index contributed by atoms with van der Waals surface area (Å²) in [6.07, 6.45) is 1.10.